The lowest BCUT2D eigenvalue weighted by Gasteiger charge is -2.14. The molecule has 0 bridgehead atoms. The first-order chi connectivity index (χ1) is 12.5. The van der Waals surface area contributed by atoms with Crippen molar-refractivity contribution in [2.45, 2.75) is 38.1 Å². The van der Waals surface area contributed by atoms with Gasteiger partial charge in [-0.2, -0.15) is 4.68 Å². The summed E-state index contributed by atoms with van der Waals surface area (Å²) in [6.45, 7) is 7.88. The van der Waals surface area contributed by atoms with Crippen molar-refractivity contribution < 1.29 is 4.79 Å². The Bertz CT molecular complexity index is 917. The Morgan fingerprint density at radius 1 is 1.12 bits per heavy atom. The lowest BCUT2D eigenvalue weighted by molar-refractivity contribution is -0.115. The highest BCUT2D eigenvalue weighted by atomic mass is 32.2. The fraction of sp³-hybridized carbons (Fsp3) is 0.263. The number of nitrogens with one attached hydrogen (secondary N) is 1. The molecule has 0 aliphatic heterocycles. The molecule has 6 nitrogen and oxygen atoms in total. The van der Waals surface area contributed by atoms with Crippen LogP contribution in [0.25, 0.3) is 5.69 Å². The molecule has 0 spiro atoms. The maximum atomic E-state index is 12.5. The fourth-order valence-electron chi connectivity index (χ4n) is 2.71. The molecule has 0 radical (unpaired) electrons. The Morgan fingerprint density at radius 3 is 2.50 bits per heavy atom. The largest absolute Gasteiger partial charge is 0.325 e. The van der Waals surface area contributed by atoms with Gasteiger partial charge in [0.05, 0.1) is 10.9 Å². The van der Waals surface area contributed by atoms with Gasteiger partial charge in [0, 0.05) is 5.69 Å². The molecule has 0 saturated carbocycles. The molecule has 1 aromatic heterocycles. The maximum absolute atomic E-state index is 12.5. The second kappa shape index (κ2) is 7.70. The molecule has 134 valence electrons. The van der Waals surface area contributed by atoms with Crippen LogP contribution >= 0.6 is 11.8 Å². The van der Waals surface area contributed by atoms with E-state index < -0.39 is 0 Å². The smallest absolute Gasteiger partial charge is 0.237 e. The molecule has 26 heavy (non-hydrogen) atoms. The molecule has 0 fully saturated rings. The van der Waals surface area contributed by atoms with Crippen molar-refractivity contribution in [3.8, 4) is 5.69 Å². The number of benzene rings is 2. The van der Waals surface area contributed by atoms with Gasteiger partial charge in [0.25, 0.3) is 0 Å². The fourth-order valence-corrected chi connectivity index (χ4v) is 3.50. The number of tetrazole rings is 1. The van der Waals surface area contributed by atoms with Crippen molar-refractivity contribution in [3.63, 3.8) is 0 Å². The van der Waals surface area contributed by atoms with Crippen LogP contribution in [0.15, 0.2) is 47.6 Å². The summed E-state index contributed by atoms with van der Waals surface area (Å²) in [5, 5.41) is 15.2. The van der Waals surface area contributed by atoms with Crippen molar-refractivity contribution in [2.75, 3.05) is 5.32 Å². The van der Waals surface area contributed by atoms with Crippen LogP contribution in [0, 0.1) is 20.8 Å². The lowest BCUT2D eigenvalue weighted by atomic mass is 10.1. The minimum absolute atomic E-state index is 0.0864. The summed E-state index contributed by atoms with van der Waals surface area (Å²) >= 11 is 1.34. The average molecular weight is 367 g/mol. The van der Waals surface area contributed by atoms with Crippen LogP contribution in [0.4, 0.5) is 5.69 Å². The Kier molecular flexibility index (Phi) is 5.37. The molecular formula is C19H21N5OS. The molecular weight excluding hydrogens is 346 g/mol. The first-order valence-corrected chi connectivity index (χ1v) is 9.23. The van der Waals surface area contributed by atoms with E-state index in [1.54, 1.807) is 4.68 Å². The van der Waals surface area contributed by atoms with Gasteiger partial charge in [0.2, 0.25) is 11.1 Å². The highest BCUT2D eigenvalue weighted by Crippen LogP contribution is 2.26. The molecule has 7 heteroatoms. The van der Waals surface area contributed by atoms with Gasteiger partial charge >= 0.3 is 0 Å². The summed E-state index contributed by atoms with van der Waals surface area (Å²) in [5.74, 6) is -0.0864. The molecule has 1 atom stereocenters. The van der Waals surface area contributed by atoms with Crippen LogP contribution in [0.5, 0.6) is 0 Å². The molecule has 1 N–H and O–H groups in total. The van der Waals surface area contributed by atoms with E-state index in [1.807, 2.05) is 70.2 Å². The highest BCUT2D eigenvalue weighted by Gasteiger charge is 2.20. The highest BCUT2D eigenvalue weighted by molar-refractivity contribution is 8.00. The maximum Gasteiger partial charge on any atom is 0.237 e. The SMILES string of the molecule is Cc1cccc(NC(=O)C(C)Sc2nnnn2-c2c(C)cccc2C)c1. The minimum Gasteiger partial charge on any atom is -0.325 e. The van der Waals surface area contributed by atoms with Crippen LogP contribution in [-0.2, 0) is 4.79 Å². The van der Waals surface area contributed by atoms with E-state index in [1.165, 1.54) is 11.8 Å². The van der Waals surface area contributed by atoms with Crippen LogP contribution in [0.3, 0.4) is 0 Å². The number of para-hydroxylation sites is 1. The quantitative estimate of drug-likeness (QED) is 0.696. The van der Waals surface area contributed by atoms with Gasteiger partial charge in [-0.3, -0.25) is 4.79 Å². The van der Waals surface area contributed by atoms with Gasteiger partial charge in [-0.05, 0) is 66.9 Å². The summed E-state index contributed by atoms with van der Waals surface area (Å²) in [4.78, 5) is 12.5. The van der Waals surface area contributed by atoms with E-state index in [9.17, 15) is 4.79 Å². The van der Waals surface area contributed by atoms with Crippen LogP contribution in [0.1, 0.15) is 23.6 Å². The second-order valence-corrected chi connectivity index (χ2v) is 7.54. The van der Waals surface area contributed by atoms with E-state index in [0.717, 1.165) is 28.1 Å². The molecule has 2 aromatic carbocycles. The number of amides is 1. The van der Waals surface area contributed by atoms with Gasteiger partial charge in [-0.15, -0.1) is 5.10 Å². The number of carbonyl (C=O) groups is 1. The number of hydrogen-bond acceptors (Lipinski definition) is 5. The summed E-state index contributed by atoms with van der Waals surface area (Å²) in [6, 6.07) is 13.8. The van der Waals surface area contributed by atoms with Crippen LogP contribution in [0.2, 0.25) is 0 Å². The van der Waals surface area contributed by atoms with E-state index in [0.29, 0.717) is 5.16 Å². The minimum atomic E-state index is -0.343. The summed E-state index contributed by atoms with van der Waals surface area (Å²) in [6.07, 6.45) is 0. The number of aromatic nitrogens is 4. The predicted octanol–water partition coefficient (Wildman–Crippen LogP) is 3.71. The summed E-state index contributed by atoms with van der Waals surface area (Å²) < 4.78 is 1.70. The van der Waals surface area contributed by atoms with Crippen molar-refractivity contribution in [1.29, 1.82) is 0 Å². The molecule has 3 rings (SSSR count). The molecule has 1 heterocycles. The van der Waals surface area contributed by atoms with Crippen molar-refractivity contribution in [1.82, 2.24) is 20.2 Å². The van der Waals surface area contributed by atoms with Crippen molar-refractivity contribution in [2.24, 2.45) is 0 Å². The van der Waals surface area contributed by atoms with Crippen LogP contribution < -0.4 is 5.32 Å². The Hall–Kier alpha value is -2.67. The lowest BCUT2D eigenvalue weighted by Crippen LogP contribution is -2.23. The number of thioether (sulfide) groups is 1. The number of aryl methyl sites for hydroxylation is 3. The number of anilines is 1. The normalized spacial score (nSPS) is 12.0. The molecule has 0 aliphatic carbocycles. The molecule has 1 amide bonds. The van der Waals surface area contributed by atoms with E-state index in [-0.39, 0.29) is 11.2 Å². The third kappa shape index (κ3) is 3.94. The molecule has 1 unspecified atom stereocenters. The first kappa shape index (κ1) is 18.1. The summed E-state index contributed by atoms with van der Waals surface area (Å²) in [7, 11) is 0. The van der Waals surface area contributed by atoms with Gasteiger partial charge in [0.1, 0.15) is 0 Å². The number of carbonyl (C=O) groups excluding carboxylic acids is 1. The van der Waals surface area contributed by atoms with Crippen molar-refractivity contribution in [3.05, 3.63) is 59.2 Å². The molecule has 0 saturated heterocycles. The van der Waals surface area contributed by atoms with Crippen LogP contribution in [-0.4, -0.2) is 31.4 Å². The van der Waals surface area contributed by atoms with Gasteiger partial charge < -0.3 is 5.32 Å². The van der Waals surface area contributed by atoms with Gasteiger partial charge in [-0.25, -0.2) is 0 Å². The van der Waals surface area contributed by atoms with E-state index >= 15 is 0 Å². The van der Waals surface area contributed by atoms with Gasteiger partial charge in [-0.1, -0.05) is 42.1 Å². The van der Waals surface area contributed by atoms with E-state index in [4.69, 9.17) is 0 Å². The number of nitrogens with zero attached hydrogens (tertiary/aromatic N) is 4. The molecule has 3 aromatic rings. The molecule has 0 aliphatic rings. The Balaban J connectivity index is 1.77. The zero-order chi connectivity index (χ0) is 18.7. The zero-order valence-corrected chi connectivity index (χ0v) is 16.0. The predicted molar refractivity (Wildman–Crippen MR) is 104 cm³/mol. The Morgan fingerprint density at radius 2 is 1.81 bits per heavy atom. The first-order valence-electron chi connectivity index (χ1n) is 8.35. The van der Waals surface area contributed by atoms with E-state index in [2.05, 4.69) is 20.8 Å². The zero-order valence-electron chi connectivity index (χ0n) is 15.2. The topological polar surface area (TPSA) is 72.7 Å². The number of hydrogen-bond donors (Lipinski definition) is 1. The second-order valence-electron chi connectivity index (χ2n) is 6.23. The summed E-state index contributed by atoms with van der Waals surface area (Å²) in [5.41, 5.74) is 5.00. The standard InChI is InChI=1S/C19H21N5OS/c1-12-7-5-10-16(11-12)20-18(25)15(4)26-19-21-22-23-24(19)17-13(2)8-6-9-14(17)3/h5-11,15H,1-4H3,(H,20,25). The monoisotopic (exact) mass is 367 g/mol. The third-order valence-electron chi connectivity index (χ3n) is 4.03. The van der Waals surface area contributed by atoms with Gasteiger partial charge in [0.15, 0.2) is 0 Å². The average Bonchev–Trinajstić information content (AvgIpc) is 3.02. The third-order valence-corrected chi connectivity index (χ3v) is 5.06. The number of rotatable bonds is 5. The Labute approximate surface area is 157 Å². The van der Waals surface area contributed by atoms with Crippen molar-refractivity contribution >= 4 is 23.4 Å².